The Morgan fingerprint density at radius 3 is 1.38 bits per heavy atom. The first kappa shape index (κ1) is 85.0. The number of aryl methyl sites for hydroxylation is 2. The third-order valence-corrected chi connectivity index (χ3v) is 19.7. The number of hydrogen-bond donors (Lipinski definition) is 1. The largest absolute Gasteiger partial charge is 0.494 e. The highest BCUT2D eigenvalue weighted by molar-refractivity contribution is 7.48. The van der Waals surface area contributed by atoms with Gasteiger partial charge in [0.05, 0.1) is 99.0 Å². The number of allylic oxidation sites excluding steroid dienone is 2. The number of carbonyl (C=O) groups excluding carboxylic acids is 4. The maximum atomic E-state index is 14.1. The molecule has 11 rings (SSSR count). The molecule has 3 saturated heterocycles. The van der Waals surface area contributed by atoms with Crippen LogP contribution in [0, 0.1) is 36.5 Å². The second-order valence-electron chi connectivity index (χ2n) is 28.3. The second kappa shape index (κ2) is 36.6. The van der Waals surface area contributed by atoms with E-state index in [0.717, 1.165) is 24.4 Å². The average Bonchev–Trinajstić information content (AvgIpc) is 1.61. The number of likely N-dealkylation sites (tertiary alicyclic amines) is 2. The van der Waals surface area contributed by atoms with Crippen LogP contribution in [0.25, 0.3) is 44.6 Å². The van der Waals surface area contributed by atoms with Crippen molar-refractivity contribution < 1.29 is 69.7 Å². The van der Waals surface area contributed by atoms with Crippen molar-refractivity contribution >= 4 is 83.6 Å². The van der Waals surface area contributed by atoms with E-state index in [2.05, 4.69) is 57.2 Å². The van der Waals surface area contributed by atoms with Gasteiger partial charge in [0.25, 0.3) is 23.4 Å². The number of amides is 2. The molecule has 0 aliphatic carbocycles. The van der Waals surface area contributed by atoms with E-state index >= 15 is 0 Å². The standard InChI is InChI=1S/C34H41N8O7P.C25H22N8O3.C9H20ClO4P.C4H8O.CH4/c1-22-38-20-42(39-22)31-29-28(27(46-8)18-37-31)25(19-41(29)21-47-50(45,48-33(2,3)4)49-34(5,6)7)30(43)32(44)40-15-12-23(13-16-40)24(17-35)26-11-9-10-14-36-26;1-15-30-14-33(31-15)24-22-21(20(36-2)13-29-24)18(12-28-22)23(34)25(35)32-9-6-16(7-10-32)17(11-26)19-5-3-4-8-27-19;1-8(2,3)13-15(11,12-7-10)14-9(4,5)6;1-2-4-5-3-1;/h9-11,14,18-20H,12-13,15-16,21H2,1-8H3;3-5,8,12-14,28H,6-7,9-10H2,1-2H3;7H2,1-6H3;1-4H2;1H4. The van der Waals surface area contributed by atoms with Crippen molar-refractivity contribution in [1.29, 1.82) is 10.5 Å². The third-order valence-electron chi connectivity index (χ3n) is 15.5. The monoisotopic (exact) mass is 1530 g/mol. The van der Waals surface area contributed by atoms with Gasteiger partial charge in [0.1, 0.15) is 66.3 Å². The van der Waals surface area contributed by atoms with Gasteiger partial charge in [-0.05, 0) is 171 Å². The number of aromatic amines is 1. The van der Waals surface area contributed by atoms with E-state index in [4.69, 9.17) is 53.0 Å². The summed E-state index contributed by atoms with van der Waals surface area (Å²) in [6.45, 7) is 27.1. The Morgan fingerprint density at radius 1 is 0.589 bits per heavy atom. The summed E-state index contributed by atoms with van der Waals surface area (Å²) < 4.78 is 79.4. The Kier molecular flexibility index (Phi) is 29.1. The van der Waals surface area contributed by atoms with Gasteiger partial charge in [0.15, 0.2) is 11.6 Å². The first-order valence-electron chi connectivity index (χ1n) is 34.1. The number of halogens is 1. The van der Waals surface area contributed by atoms with Gasteiger partial charge in [0.2, 0.25) is 0 Å². The van der Waals surface area contributed by atoms with Crippen molar-refractivity contribution in [1.82, 2.24) is 68.8 Å². The first-order chi connectivity index (χ1) is 50.0. The summed E-state index contributed by atoms with van der Waals surface area (Å²) in [5.74, 6) is -0.469. The summed E-state index contributed by atoms with van der Waals surface area (Å²) in [4.78, 5) is 86.4. The number of methoxy groups -OCH3 is 2. The molecule has 574 valence electrons. The van der Waals surface area contributed by atoms with Gasteiger partial charge in [-0.2, -0.15) is 20.7 Å². The summed E-state index contributed by atoms with van der Waals surface area (Å²) in [6, 6.07) is 15.0. The van der Waals surface area contributed by atoms with Crippen LogP contribution in [0.2, 0.25) is 0 Å². The van der Waals surface area contributed by atoms with Crippen LogP contribution in [0.5, 0.6) is 11.5 Å². The first-order valence-corrected chi connectivity index (χ1v) is 37.5. The molecule has 107 heavy (non-hydrogen) atoms. The van der Waals surface area contributed by atoms with Crippen molar-refractivity contribution in [3.05, 3.63) is 132 Å². The van der Waals surface area contributed by atoms with Gasteiger partial charge >= 0.3 is 15.6 Å². The lowest BCUT2D eigenvalue weighted by molar-refractivity contribution is -0.127. The average molecular weight is 1530 g/mol. The number of pyridine rings is 4. The van der Waals surface area contributed by atoms with Gasteiger partial charge in [-0.1, -0.05) is 31.2 Å². The van der Waals surface area contributed by atoms with Crippen molar-refractivity contribution in [3.8, 4) is 35.3 Å². The summed E-state index contributed by atoms with van der Waals surface area (Å²) in [5, 5.41) is 28.9. The van der Waals surface area contributed by atoms with E-state index in [0.29, 0.717) is 101 Å². The summed E-state index contributed by atoms with van der Waals surface area (Å²) in [5.41, 5.74) is 1.99. The number of ether oxygens (including phenoxy) is 3. The van der Waals surface area contributed by atoms with Crippen LogP contribution in [0.15, 0.2) is 97.4 Å². The Balaban J connectivity index is 0.000000242. The van der Waals surface area contributed by atoms with Crippen molar-refractivity contribution in [2.45, 2.75) is 172 Å². The highest BCUT2D eigenvalue weighted by Crippen LogP contribution is 2.57. The van der Waals surface area contributed by atoms with Crippen LogP contribution < -0.4 is 9.47 Å². The molecule has 0 saturated carbocycles. The number of fused-ring (bicyclic) bond motifs is 2. The Labute approximate surface area is 628 Å². The second-order valence-corrected chi connectivity index (χ2v) is 31.6. The minimum atomic E-state index is -4.20. The fraction of sp³-hybridized carbons (Fsp3) is 0.479. The molecule has 8 aromatic heterocycles. The molecular formula is C73H95ClN16O15P2. The third kappa shape index (κ3) is 22.9. The zero-order valence-corrected chi connectivity index (χ0v) is 65.1. The molecule has 0 radical (unpaired) electrons. The number of phosphoric ester groups is 2. The van der Waals surface area contributed by atoms with E-state index in [9.17, 15) is 38.8 Å². The summed E-state index contributed by atoms with van der Waals surface area (Å²) in [6.07, 6.45) is 16.5. The number of ketones is 2. The number of aromatic nitrogens is 12. The topological polar surface area (TPSA) is 373 Å². The molecule has 0 unspecified atom stereocenters. The van der Waals surface area contributed by atoms with Gasteiger partial charge < -0.3 is 33.6 Å². The zero-order valence-electron chi connectivity index (χ0n) is 62.6. The number of hydrogen-bond acceptors (Lipinski definition) is 25. The molecule has 11 heterocycles. The molecule has 31 nitrogen and oxygen atoms in total. The Hall–Kier alpha value is -9.23. The quantitative estimate of drug-likeness (QED) is 0.0258. The van der Waals surface area contributed by atoms with Crippen LogP contribution in [-0.2, 0) is 57.3 Å². The summed E-state index contributed by atoms with van der Waals surface area (Å²) >= 11 is 5.39. The number of Topliss-reactive ketones (excluding diaryl/α,β-unsaturated/α-hetero) is 2. The normalized spacial score (nSPS) is 14.3. The SMILES string of the molecule is C.C1CCOC1.CC(C)(C)OP(=O)(OCCl)OC(C)(C)C.COc1cnc(-n2cnc(C)n2)c2[nH]cc(C(=O)C(=O)N3CCC(=C(C#N)c4ccccn4)CC3)c12.COc1cnc(-n2cnc(C)n2)c2c1c(C(=O)C(=O)N1CCC(=C(C#N)c3ccccn3)CC1)cn2COP(=O)(OC(C)(C)C)OC(C)(C)C. The molecule has 3 aliphatic rings. The molecule has 0 aromatic carbocycles. The fourth-order valence-corrected chi connectivity index (χ4v) is 14.9. The van der Waals surface area contributed by atoms with Crippen LogP contribution in [0.3, 0.4) is 0 Å². The van der Waals surface area contributed by atoms with E-state index in [1.807, 2.05) is 12.1 Å². The fourth-order valence-electron chi connectivity index (χ4n) is 11.2. The van der Waals surface area contributed by atoms with Crippen LogP contribution in [-0.4, -0.2) is 174 Å². The van der Waals surface area contributed by atoms with Crippen molar-refractivity contribution in [3.63, 3.8) is 0 Å². The number of alkyl halides is 1. The van der Waals surface area contributed by atoms with E-state index < -0.39 is 68.2 Å². The predicted octanol–water partition coefficient (Wildman–Crippen LogP) is 13.8. The lowest BCUT2D eigenvalue weighted by Crippen LogP contribution is -2.40. The Bertz CT molecular complexity index is 4630. The zero-order chi connectivity index (χ0) is 77.5. The van der Waals surface area contributed by atoms with Gasteiger partial charge in [-0.3, -0.25) is 56.3 Å². The van der Waals surface area contributed by atoms with Crippen LogP contribution in [0.4, 0.5) is 0 Å². The molecule has 3 aliphatic heterocycles. The van der Waals surface area contributed by atoms with E-state index in [-0.39, 0.29) is 54.7 Å². The minimum absolute atomic E-state index is 0. The number of H-pyrrole nitrogens is 1. The predicted molar refractivity (Wildman–Crippen MR) is 400 cm³/mol. The molecule has 2 amide bonds. The van der Waals surface area contributed by atoms with Gasteiger partial charge in [-0.25, -0.2) is 38.4 Å². The summed E-state index contributed by atoms with van der Waals surface area (Å²) in [7, 11) is -4.89. The number of phosphoric acid groups is 2. The number of carbonyl (C=O) groups is 4. The van der Waals surface area contributed by atoms with E-state index in [1.54, 1.807) is 134 Å². The minimum Gasteiger partial charge on any atom is -0.494 e. The highest BCUT2D eigenvalue weighted by atomic mass is 35.5. The molecule has 0 spiro atoms. The lowest BCUT2D eigenvalue weighted by atomic mass is 9.95. The van der Waals surface area contributed by atoms with Crippen LogP contribution in [0.1, 0.15) is 173 Å². The number of piperidine rings is 2. The molecule has 3 fully saturated rings. The molecule has 8 aromatic rings. The van der Waals surface area contributed by atoms with Crippen molar-refractivity contribution in [2.24, 2.45) is 0 Å². The van der Waals surface area contributed by atoms with Gasteiger partial charge in [0, 0.05) is 64.2 Å². The van der Waals surface area contributed by atoms with Crippen molar-refractivity contribution in [2.75, 3.05) is 59.7 Å². The number of nitrogens with zero attached hydrogens (tertiary/aromatic N) is 15. The van der Waals surface area contributed by atoms with Crippen LogP contribution >= 0.6 is 27.2 Å². The van der Waals surface area contributed by atoms with E-state index in [1.165, 1.54) is 88.2 Å². The lowest BCUT2D eigenvalue weighted by Gasteiger charge is -2.31. The molecule has 0 bridgehead atoms. The number of rotatable bonds is 19. The molecule has 34 heteroatoms. The maximum Gasteiger partial charge on any atom is 0.477 e. The highest BCUT2D eigenvalue weighted by Gasteiger charge is 2.40. The Morgan fingerprint density at radius 2 is 1.01 bits per heavy atom. The van der Waals surface area contributed by atoms with Gasteiger partial charge in [-0.15, -0.1) is 0 Å². The number of nitriles is 2. The molecular weight excluding hydrogens is 1440 g/mol. The smallest absolute Gasteiger partial charge is 0.477 e. The number of nitrogens with one attached hydrogen (secondary N) is 1. The molecule has 0 atom stereocenters. The molecule has 1 N–H and O–H groups in total. The maximum absolute atomic E-state index is 14.1.